The maximum Gasteiger partial charge on any atom is 0.222 e. The molecule has 17 heavy (non-hydrogen) atoms. The van der Waals surface area contributed by atoms with Crippen LogP contribution in [0.1, 0.15) is 12.0 Å². The molecule has 6 heteroatoms. The molecule has 2 rings (SSSR count). The fourth-order valence-electron chi connectivity index (χ4n) is 1.71. The van der Waals surface area contributed by atoms with E-state index in [-0.39, 0.29) is 11.9 Å². The largest absolute Gasteiger partial charge is 0.389 e. The molecule has 1 aromatic rings. The molecule has 0 spiro atoms. The maximum absolute atomic E-state index is 11.1. The van der Waals surface area contributed by atoms with Crippen LogP contribution in [-0.2, 0) is 4.79 Å². The third-order valence-corrected chi connectivity index (χ3v) is 3.14. The number of hydrogen-bond acceptors (Lipinski definition) is 3. The number of benzene rings is 1. The first-order chi connectivity index (χ1) is 8.06. The van der Waals surface area contributed by atoms with Gasteiger partial charge in [0, 0.05) is 18.5 Å². The van der Waals surface area contributed by atoms with E-state index in [1.807, 2.05) is 6.07 Å². The topological polar surface area (TPSA) is 67.2 Å². The molecule has 0 aromatic heterocycles. The van der Waals surface area contributed by atoms with E-state index >= 15 is 0 Å². The summed E-state index contributed by atoms with van der Waals surface area (Å²) in [5.41, 5.74) is 7.03. The second kappa shape index (κ2) is 4.89. The molecule has 1 amide bonds. The number of halogens is 1. The van der Waals surface area contributed by atoms with Crippen LogP contribution in [0.5, 0.6) is 0 Å². The van der Waals surface area contributed by atoms with Crippen LogP contribution in [0.2, 0.25) is 5.02 Å². The lowest BCUT2D eigenvalue weighted by Crippen LogP contribution is -2.22. The van der Waals surface area contributed by atoms with E-state index in [0.717, 1.165) is 11.3 Å². The molecule has 1 aromatic carbocycles. The van der Waals surface area contributed by atoms with Crippen molar-refractivity contribution in [2.45, 2.75) is 12.5 Å². The molecule has 4 N–H and O–H groups in total. The zero-order chi connectivity index (χ0) is 12.4. The number of amides is 1. The molecule has 4 nitrogen and oxygen atoms in total. The molecular weight excluding hydrogens is 258 g/mol. The molecule has 1 heterocycles. The summed E-state index contributed by atoms with van der Waals surface area (Å²) in [6.07, 6.45) is 0.466. The molecule has 0 saturated carbocycles. The summed E-state index contributed by atoms with van der Waals surface area (Å²) >= 11 is 11.0. The second-order valence-corrected chi connectivity index (χ2v) is 4.76. The lowest BCUT2D eigenvalue weighted by atomic mass is 10.2. The number of rotatable bonds is 3. The molecule has 90 valence electrons. The molecular formula is C11H12ClN3OS. The molecule has 0 radical (unpaired) electrons. The Kier molecular flexibility index (Phi) is 3.49. The number of anilines is 1. The molecule has 1 fully saturated rings. The van der Waals surface area contributed by atoms with Crippen LogP contribution >= 0.6 is 23.8 Å². The average molecular weight is 270 g/mol. The summed E-state index contributed by atoms with van der Waals surface area (Å²) in [5, 5.41) is 6.51. The molecule has 1 unspecified atom stereocenters. The average Bonchev–Trinajstić information content (AvgIpc) is 2.67. The van der Waals surface area contributed by atoms with E-state index in [9.17, 15) is 4.79 Å². The minimum absolute atomic E-state index is 0.0541. The van der Waals surface area contributed by atoms with Crippen molar-refractivity contribution in [3.8, 4) is 0 Å². The maximum atomic E-state index is 11.1. The van der Waals surface area contributed by atoms with Crippen LogP contribution in [0.3, 0.4) is 0 Å². The van der Waals surface area contributed by atoms with E-state index in [4.69, 9.17) is 29.6 Å². The smallest absolute Gasteiger partial charge is 0.222 e. The third kappa shape index (κ3) is 2.87. The highest BCUT2D eigenvalue weighted by molar-refractivity contribution is 7.80. The zero-order valence-corrected chi connectivity index (χ0v) is 10.6. The molecule has 1 atom stereocenters. The third-order valence-electron chi connectivity index (χ3n) is 2.59. The van der Waals surface area contributed by atoms with Crippen LogP contribution in [0.4, 0.5) is 5.69 Å². The summed E-state index contributed by atoms with van der Waals surface area (Å²) in [5.74, 6) is 0.0541. The summed E-state index contributed by atoms with van der Waals surface area (Å²) in [4.78, 5) is 11.4. The van der Waals surface area contributed by atoms with Gasteiger partial charge in [0.15, 0.2) is 0 Å². The predicted molar refractivity (Wildman–Crippen MR) is 72.4 cm³/mol. The Hall–Kier alpha value is -1.33. The minimum atomic E-state index is 0.0541. The van der Waals surface area contributed by atoms with Crippen LogP contribution < -0.4 is 16.4 Å². The number of hydrogen-bond donors (Lipinski definition) is 3. The van der Waals surface area contributed by atoms with E-state index in [1.165, 1.54) is 0 Å². The lowest BCUT2D eigenvalue weighted by Gasteiger charge is -2.14. The number of thiocarbonyl (C=S) groups is 1. The van der Waals surface area contributed by atoms with Crippen LogP contribution in [0, 0.1) is 0 Å². The van der Waals surface area contributed by atoms with Crippen molar-refractivity contribution in [1.82, 2.24) is 5.32 Å². The molecule has 1 aliphatic heterocycles. The molecule has 1 saturated heterocycles. The van der Waals surface area contributed by atoms with Crippen molar-refractivity contribution >= 4 is 40.4 Å². The van der Waals surface area contributed by atoms with Gasteiger partial charge in [-0.2, -0.15) is 0 Å². The van der Waals surface area contributed by atoms with Gasteiger partial charge in [0.1, 0.15) is 4.99 Å². The zero-order valence-electron chi connectivity index (χ0n) is 9.00. The van der Waals surface area contributed by atoms with Gasteiger partial charge >= 0.3 is 0 Å². The van der Waals surface area contributed by atoms with Crippen molar-refractivity contribution in [2.24, 2.45) is 5.73 Å². The summed E-state index contributed by atoms with van der Waals surface area (Å²) in [7, 11) is 0. The van der Waals surface area contributed by atoms with Gasteiger partial charge in [0.05, 0.1) is 16.8 Å². The fourth-order valence-corrected chi connectivity index (χ4v) is 2.07. The van der Waals surface area contributed by atoms with E-state index in [2.05, 4.69) is 10.6 Å². The predicted octanol–water partition coefficient (Wildman–Crippen LogP) is 1.27. The van der Waals surface area contributed by atoms with Crippen molar-refractivity contribution in [2.75, 3.05) is 11.9 Å². The first kappa shape index (κ1) is 12.1. The Balaban J connectivity index is 2.11. The minimum Gasteiger partial charge on any atom is -0.389 e. The summed E-state index contributed by atoms with van der Waals surface area (Å²) in [6, 6.07) is 5.42. The molecule has 1 aliphatic rings. The van der Waals surface area contributed by atoms with Crippen molar-refractivity contribution in [3.05, 3.63) is 28.8 Å². The standard InChI is InChI=1S/C11H12ClN3OS/c12-8-3-6(11(13)17)1-2-9(8)15-7-4-10(16)14-5-7/h1-3,7,15H,4-5H2,(H2,13,17)(H,14,16). The lowest BCUT2D eigenvalue weighted by molar-refractivity contribution is -0.119. The van der Waals surface area contributed by atoms with Gasteiger partial charge in [0.2, 0.25) is 5.91 Å². The fraction of sp³-hybridized carbons (Fsp3) is 0.273. The highest BCUT2D eigenvalue weighted by Crippen LogP contribution is 2.24. The quantitative estimate of drug-likeness (QED) is 0.723. The number of carbonyl (C=O) groups excluding carboxylic acids is 1. The van der Waals surface area contributed by atoms with Crippen molar-refractivity contribution in [3.63, 3.8) is 0 Å². The monoisotopic (exact) mass is 269 g/mol. The Bertz CT molecular complexity index is 478. The molecule has 0 aliphatic carbocycles. The van der Waals surface area contributed by atoms with Crippen molar-refractivity contribution < 1.29 is 4.79 Å². The van der Waals surface area contributed by atoms with E-state index in [1.54, 1.807) is 12.1 Å². The summed E-state index contributed by atoms with van der Waals surface area (Å²) in [6.45, 7) is 0.617. The van der Waals surface area contributed by atoms with Crippen LogP contribution in [0.15, 0.2) is 18.2 Å². The normalized spacial score (nSPS) is 18.9. The number of nitrogens with two attached hydrogens (primary N) is 1. The Morgan fingerprint density at radius 2 is 2.35 bits per heavy atom. The van der Waals surface area contributed by atoms with Crippen molar-refractivity contribution in [1.29, 1.82) is 0 Å². The Morgan fingerprint density at radius 1 is 1.59 bits per heavy atom. The SMILES string of the molecule is NC(=S)c1ccc(NC2CNC(=O)C2)c(Cl)c1. The highest BCUT2D eigenvalue weighted by atomic mass is 35.5. The highest BCUT2D eigenvalue weighted by Gasteiger charge is 2.21. The number of carbonyl (C=O) groups is 1. The number of nitrogens with one attached hydrogen (secondary N) is 2. The van der Waals surface area contributed by atoms with Gasteiger partial charge in [-0.1, -0.05) is 23.8 Å². The van der Waals surface area contributed by atoms with Gasteiger partial charge in [-0.15, -0.1) is 0 Å². The second-order valence-electron chi connectivity index (χ2n) is 3.91. The van der Waals surface area contributed by atoms with Crippen LogP contribution in [-0.4, -0.2) is 23.5 Å². The Labute approximate surface area is 110 Å². The van der Waals surface area contributed by atoms with Gasteiger partial charge in [-0.3, -0.25) is 4.79 Å². The first-order valence-corrected chi connectivity index (χ1v) is 5.97. The van der Waals surface area contributed by atoms with E-state index < -0.39 is 0 Å². The summed E-state index contributed by atoms with van der Waals surface area (Å²) < 4.78 is 0. The van der Waals surface area contributed by atoms with Gasteiger partial charge in [-0.25, -0.2) is 0 Å². The Morgan fingerprint density at radius 3 is 2.88 bits per heavy atom. The molecule has 0 bridgehead atoms. The van der Waals surface area contributed by atoms with Gasteiger partial charge in [-0.05, 0) is 18.2 Å². The van der Waals surface area contributed by atoms with Gasteiger partial charge in [0.25, 0.3) is 0 Å². The van der Waals surface area contributed by atoms with Gasteiger partial charge < -0.3 is 16.4 Å². The first-order valence-electron chi connectivity index (χ1n) is 5.19. The van der Waals surface area contributed by atoms with E-state index in [0.29, 0.717) is 23.0 Å². The van der Waals surface area contributed by atoms with Crippen LogP contribution in [0.25, 0.3) is 0 Å².